The van der Waals surface area contributed by atoms with E-state index in [1.165, 1.54) is 116 Å². The number of aromatic nitrogens is 1. The van der Waals surface area contributed by atoms with E-state index >= 15 is 4.57 Å². The van der Waals surface area contributed by atoms with Gasteiger partial charge >= 0.3 is 0 Å². The summed E-state index contributed by atoms with van der Waals surface area (Å²) in [5, 5.41) is 1.43. The van der Waals surface area contributed by atoms with Crippen LogP contribution in [0.4, 0.5) is 0 Å². The average molecular weight is 944 g/mol. The third kappa shape index (κ3) is 4.98. The minimum absolute atomic E-state index is 0. The van der Waals surface area contributed by atoms with E-state index in [1.807, 2.05) is 18.3 Å². The van der Waals surface area contributed by atoms with Crippen molar-refractivity contribution in [1.82, 2.24) is 4.98 Å². The van der Waals surface area contributed by atoms with Gasteiger partial charge in [0.05, 0.1) is 0 Å². The Bertz CT molecular complexity index is 2250. The molecule has 1 aromatic heterocycles. The van der Waals surface area contributed by atoms with Crippen molar-refractivity contribution in [3.8, 4) is 11.3 Å². The second kappa shape index (κ2) is 13.0. The second-order valence-corrected chi connectivity index (χ2v) is 24.0. The van der Waals surface area contributed by atoms with Gasteiger partial charge in [-0.2, -0.15) is 30.3 Å². The Balaban J connectivity index is 0.000000129. The first kappa shape index (κ1) is 36.9. The van der Waals surface area contributed by atoms with E-state index in [-0.39, 0.29) is 41.2 Å². The summed E-state index contributed by atoms with van der Waals surface area (Å²) in [6.45, 7) is 4.75. The van der Waals surface area contributed by atoms with Gasteiger partial charge in [-0.15, -0.1) is 40.2 Å². The smallest absolute Gasteiger partial charge is 0.104 e. The number of hydrogen-bond acceptors (Lipinski definition) is 2. The van der Waals surface area contributed by atoms with Crippen molar-refractivity contribution in [3.63, 3.8) is 0 Å². The van der Waals surface area contributed by atoms with Gasteiger partial charge in [0.15, 0.2) is 0 Å². The molecule has 5 aromatic rings. The SMILES string of the molecule is CC12c3c[c-]c(-c4ccccn4)cc3C(C)(c3ccccc31)c1ccccc12.O=P(c1[c-]cccc1)(C12CC3CC(CC(C3)C1)C2)C12CC3CC(CC(C3)C1)C2.[Ir]. The zero-order chi connectivity index (χ0) is 37.5. The third-order valence-corrected chi connectivity index (χ3v) is 22.1. The summed E-state index contributed by atoms with van der Waals surface area (Å²) in [6, 6.07) is 44.2. The Hall–Kier alpha value is -3.09. The molecular formula is C53H54IrNOP-2. The van der Waals surface area contributed by atoms with Gasteiger partial charge in [-0.25, -0.2) is 0 Å². The van der Waals surface area contributed by atoms with E-state index in [4.69, 9.17) is 0 Å². The van der Waals surface area contributed by atoms with Crippen LogP contribution in [0.1, 0.15) is 124 Å². The molecule has 1 radical (unpaired) electrons. The minimum Gasteiger partial charge on any atom is -0.320 e. The molecule has 57 heavy (non-hydrogen) atoms. The van der Waals surface area contributed by atoms with Crippen LogP contribution in [0, 0.1) is 47.6 Å². The topological polar surface area (TPSA) is 30.0 Å². The van der Waals surface area contributed by atoms with Crippen molar-refractivity contribution < 1.29 is 24.7 Å². The van der Waals surface area contributed by atoms with Crippen LogP contribution in [-0.4, -0.2) is 15.3 Å². The van der Waals surface area contributed by atoms with Gasteiger partial charge in [-0.3, -0.25) is 0 Å². The molecule has 4 aromatic carbocycles. The quantitative estimate of drug-likeness (QED) is 0.133. The van der Waals surface area contributed by atoms with Gasteiger partial charge in [-0.1, -0.05) is 67.6 Å². The molecule has 1 heterocycles. The van der Waals surface area contributed by atoms with E-state index in [0.717, 1.165) is 46.8 Å². The molecule has 0 unspecified atom stereocenters. The minimum atomic E-state index is -2.53. The maximum absolute atomic E-state index is 15.9. The van der Waals surface area contributed by atoms with Gasteiger partial charge in [0.1, 0.15) is 7.14 Å². The molecule has 0 saturated heterocycles. The maximum atomic E-state index is 15.9. The predicted molar refractivity (Wildman–Crippen MR) is 227 cm³/mol. The zero-order valence-electron chi connectivity index (χ0n) is 33.5. The summed E-state index contributed by atoms with van der Waals surface area (Å²) in [7, 11) is -2.53. The predicted octanol–water partition coefficient (Wildman–Crippen LogP) is 12.3. The molecule has 4 heteroatoms. The van der Waals surface area contributed by atoms with E-state index in [0.29, 0.717) is 0 Å². The molecule has 2 nitrogen and oxygen atoms in total. The van der Waals surface area contributed by atoms with Gasteiger partial charge in [0.25, 0.3) is 0 Å². The summed E-state index contributed by atoms with van der Waals surface area (Å²) < 4.78 is 15.9. The first-order valence-corrected chi connectivity index (χ1v) is 23.7. The van der Waals surface area contributed by atoms with Crippen LogP contribution in [-0.2, 0) is 35.5 Å². The number of hydrogen-bond donors (Lipinski definition) is 0. The molecule has 0 aliphatic heterocycles. The van der Waals surface area contributed by atoms with Crippen LogP contribution in [0.15, 0.2) is 109 Å². The molecule has 0 amide bonds. The Morgan fingerprint density at radius 1 is 0.544 bits per heavy atom. The van der Waals surface area contributed by atoms with Crippen molar-refractivity contribution >= 4 is 12.4 Å². The largest absolute Gasteiger partial charge is 0.320 e. The van der Waals surface area contributed by atoms with Crippen LogP contribution >= 0.6 is 7.14 Å². The molecule has 8 saturated carbocycles. The van der Waals surface area contributed by atoms with Crippen molar-refractivity contribution in [3.05, 3.63) is 155 Å². The summed E-state index contributed by atoms with van der Waals surface area (Å²) in [5.74, 6) is 5.23. The number of nitrogens with zero attached hydrogens (tertiary/aromatic N) is 1. The Labute approximate surface area is 353 Å². The fraction of sp³-hybridized carbons (Fsp3) is 0.453. The number of benzene rings is 4. The molecule has 0 N–H and O–H groups in total. The number of rotatable bonds is 4. The van der Waals surface area contributed by atoms with E-state index in [9.17, 15) is 0 Å². The average Bonchev–Trinajstić information content (AvgIpc) is 3.22. The molecule has 0 spiro atoms. The summed E-state index contributed by atoms with van der Waals surface area (Å²) in [5.41, 5.74) is 10.1. The van der Waals surface area contributed by atoms with Crippen molar-refractivity contribution in [2.75, 3.05) is 0 Å². The molecule has 8 fully saturated rings. The summed E-state index contributed by atoms with van der Waals surface area (Å²) in [6.07, 6.45) is 18.2. The Kier molecular flexibility index (Phi) is 8.40. The van der Waals surface area contributed by atoms with Crippen molar-refractivity contribution in [2.24, 2.45) is 35.5 Å². The van der Waals surface area contributed by atoms with E-state index < -0.39 is 7.14 Å². The number of pyridine rings is 1. The molecule has 293 valence electrons. The molecule has 16 rings (SSSR count). The molecule has 0 atom stereocenters. The fourth-order valence-electron chi connectivity index (χ4n) is 16.1. The zero-order valence-corrected chi connectivity index (χ0v) is 36.8. The van der Waals surface area contributed by atoms with Crippen LogP contribution in [0.5, 0.6) is 0 Å². The summed E-state index contributed by atoms with van der Waals surface area (Å²) in [4.78, 5) is 4.56. The van der Waals surface area contributed by atoms with E-state index in [2.05, 4.69) is 122 Å². The van der Waals surface area contributed by atoms with Gasteiger partial charge in [-0.05, 0) is 153 Å². The molecule has 11 aliphatic carbocycles. The second-order valence-electron chi connectivity index (χ2n) is 20.4. The Morgan fingerprint density at radius 3 is 1.40 bits per heavy atom. The monoisotopic (exact) mass is 944 g/mol. The Morgan fingerprint density at radius 2 is 0.982 bits per heavy atom. The molecule has 10 bridgehead atoms. The van der Waals surface area contributed by atoms with Gasteiger partial charge in [0.2, 0.25) is 0 Å². The standard InChI is InChI=1S/C27H20N.C26H34OP.Ir/c1-26-19-9-3-5-11-21(19)27(2,22-12-6-4-10-20(22)26)24-17-18(14-15-23(24)26)25-13-7-8-16-28-25;27-28(24-4-2-1-3-5-24,25-12-18-6-19(13-25)8-20(7-18)14-25)26-15-21-9-22(16-26)11-23(10-21)17-26;/h3-13,15-17H,1-2H3;1-4,18-23H,6-17H2;/q2*-1;. The van der Waals surface area contributed by atoms with Gasteiger partial charge < -0.3 is 9.55 Å². The van der Waals surface area contributed by atoms with Crippen LogP contribution < -0.4 is 5.30 Å². The van der Waals surface area contributed by atoms with E-state index in [1.54, 1.807) is 0 Å². The fourth-order valence-corrected chi connectivity index (χ4v) is 21.7. The first-order chi connectivity index (χ1) is 27.2. The third-order valence-electron chi connectivity index (χ3n) is 17.4. The van der Waals surface area contributed by atoms with Crippen molar-refractivity contribution in [2.45, 2.75) is 112 Å². The molecule has 11 aliphatic rings. The molecular weight excluding hydrogens is 890 g/mol. The summed E-state index contributed by atoms with van der Waals surface area (Å²) >= 11 is 0. The maximum Gasteiger partial charge on any atom is 0.104 e. The van der Waals surface area contributed by atoms with Gasteiger partial charge in [0, 0.05) is 47.4 Å². The van der Waals surface area contributed by atoms with Crippen molar-refractivity contribution in [1.29, 1.82) is 0 Å². The van der Waals surface area contributed by atoms with Crippen LogP contribution in [0.3, 0.4) is 0 Å². The van der Waals surface area contributed by atoms with Crippen LogP contribution in [0.25, 0.3) is 11.3 Å². The van der Waals surface area contributed by atoms with Crippen LogP contribution in [0.2, 0.25) is 0 Å². The normalized spacial score (nSPS) is 37.5. The first-order valence-electron chi connectivity index (χ1n) is 22.0.